The Morgan fingerprint density at radius 2 is 1.65 bits per heavy atom. The Balaban J connectivity index is 1.91. The highest BCUT2D eigenvalue weighted by molar-refractivity contribution is 8.01. The van der Waals surface area contributed by atoms with Crippen LogP contribution in [0.1, 0.15) is 39.3 Å². The molecule has 14 nitrogen and oxygen atoms in total. The van der Waals surface area contributed by atoms with Crippen LogP contribution in [0.4, 0.5) is 4.79 Å². The third-order valence-corrected chi connectivity index (χ3v) is 8.25. The fourth-order valence-electron chi connectivity index (χ4n) is 4.73. The minimum absolute atomic E-state index is 0.108. The average molecular weight is 578 g/mol. The van der Waals surface area contributed by atoms with Crippen LogP contribution < -0.4 is 10.6 Å². The maximum Gasteiger partial charge on any atom is 0.329 e. The van der Waals surface area contributed by atoms with E-state index in [0.29, 0.717) is 4.90 Å². The summed E-state index contributed by atoms with van der Waals surface area (Å²) in [7, 11) is 0. The highest BCUT2D eigenvalue weighted by Gasteiger charge is 2.56. The van der Waals surface area contributed by atoms with Crippen molar-refractivity contribution in [3.8, 4) is 0 Å². The number of imide groups is 1. The van der Waals surface area contributed by atoms with E-state index in [9.17, 15) is 43.8 Å². The second-order valence-electron chi connectivity index (χ2n) is 9.74. The molecule has 0 aliphatic carbocycles. The number of amides is 6. The van der Waals surface area contributed by atoms with Gasteiger partial charge in [-0.15, -0.1) is 11.8 Å². The molecule has 216 valence electrons. The third kappa shape index (κ3) is 6.03. The zero-order valence-electron chi connectivity index (χ0n) is 22.3. The van der Waals surface area contributed by atoms with Gasteiger partial charge >= 0.3 is 29.8 Å². The standard InChI is InChI=1S/C25H31N5O9S/c1-5-28-11-12-29(20(34)19(28)33)24(39)27-15(14-9-7-6-8-10-14)18(32)26-16(22(35)36)21-30(13(2)31)17(23(37)38)25(3,4)40-21/h6-10,15-17,21H,5,11-12H2,1-4H3,(H,26,32)(H,27,39)(H,35,36)(H,37,38)/t15-,16?,17+,21-/m1/s1. The predicted molar refractivity (Wildman–Crippen MR) is 141 cm³/mol. The van der Waals surface area contributed by atoms with Crippen molar-refractivity contribution in [2.24, 2.45) is 0 Å². The fourth-order valence-corrected chi connectivity index (χ4v) is 6.40. The smallest absolute Gasteiger partial charge is 0.329 e. The minimum Gasteiger partial charge on any atom is -0.480 e. The molecule has 0 radical (unpaired) electrons. The molecule has 3 rings (SSSR count). The summed E-state index contributed by atoms with van der Waals surface area (Å²) in [4.78, 5) is 91.1. The molecular weight excluding hydrogens is 546 g/mol. The van der Waals surface area contributed by atoms with Crippen LogP contribution in [0.2, 0.25) is 0 Å². The first kappa shape index (κ1) is 30.4. The van der Waals surface area contributed by atoms with E-state index in [1.54, 1.807) is 39.0 Å². The number of rotatable bonds is 8. The van der Waals surface area contributed by atoms with Crippen LogP contribution in [0.25, 0.3) is 0 Å². The van der Waals surface area contributed by atoms with Crippen molar-refractivity contribution in [3.05, 3.63) is 35.9 Å². The number of carbonyl (C=O) groups excluding carboxylic acids is 5. The van der Waals surface area contributed by atoms with Crippen LogP contribution >= 0.6 is 11.8 Å². The quantitative estimate of drug-likeness (QED) is 0.302. The zero-order chi connectivity index (χ0) is 29.9. The second-order valence-corrected chi connectivity index (χ2v) is 11.5. The van der Waals surface area contributed by atoms with Crippen LogP contribution in [0, 0.1) is 0 Å². The molecule has 1 aromatic rings. The number of urea groups is 1. The number of aliphatic carboxylic acids is 2. The normalized spacial score (nSPS) is 21.9. The van der Waals surface area contributed by atoms with Gasteiger partial charge in [0, 0.05) is 31.3 Å². The first-order chi connectivity index (χ1) is 18.7. The summed E-state index contributed by atoms with van der Waals surface area (Å²) in [6, 6.07) is 2.15. The van der Waals surface area contributed by atoms with Crippen LogP contribution in [0.15, 0.2) is 30.3 Å². The maximum absolute atomic E-state index is 13.5. The molecule has 2 aliphatic rings. The van der Waals surface area contributed by atoms with E-state index < -0.39 is 69.8 Å². The van der Waals surface area contributed by atoms with Crippen LogP contribution in [-0.4, -0.2) is 108 Å². The van der Waals surface area contributed by atoms with Gasteiger partial charge in [-0.05, 0) is 26.3 Å². The van der Waals surface area contributed by atoms with Crippen LogP contribution in [-0.2, 0) is 28.8 Å². The molecule has 4 atom stereocenters. The molecule has 40 heavy (non-hydrogen) atoms. The highest BCUT2D eigenvalue weighted by Crippen LogP contribution is 2.46. The number of hydrogen-bond acceptors (Lipinski definition) is 8. The Morgan fingerprint density at radius 3 is 2.17 bits per heavy atom. The van der Waals surface area contributed by atoms with Gasteiger partial charge in [-0.3, -0.25) is 24.1 Å². The lowest BCUT2D eigenvalue weighted by Gasteiger charge is -2.33. The summed E-state index contributed by atoms with van der Waals surface area (Å²) in [6.45, 7) is 6.18. The molecule has 1 aromatic carbocycles. The maximum atomic E-state index is 13.5. The summed E-state index contributed by atoms with van der Waals surface area (Å²) in [5.74, 6) is -6.48. The highest BCUT2D eigenvalue weighted by atomic mass is 32.2. The molecule has 4 N–H and O–H groups in total. The predicted octanol–water partition coefficient (Wildman–Crippen LogP) is -0.149. The van der Waals surface area contributed by atoms with E-state index >= 15 is 0 Å². The van der Waals surface area contributed by atoms with E-state index in [4.69, 9.17) is 0 Å². The zero-order valence-corrected chi connectivity index (χ0v) is 23.1. The molecule has 0 aromatic heterocycles. The summed E-state index contributed by atoms with van der Waals surface area (Å²) in [5, 5.41) is 23.3. The average Bonchev–Trinajstić information content (AvgIpc) is 3.18. The monoisotopic (exact) mass is 577 g/mol. The number of carboxylic acid groups (broad SMARTS) is 2. The lowest BCUT2D eigenvalue weighted by atomic mass is 10.0. The largest absolute Gasteiger partial charge is 0.480 e. The number of piperazine rings is 1. The first-order valence-electron chi connectivity index (χ1n) is 12.4. The molecule has 2 fully saturated rings. The van der Waals surface area contributed by atoms with E-state index in [1.807, 2.05) is 0 Å². The Labute approximate surface area is 234 Å². The molecule has 0 saturated carbocycles. The lowest BCUT2D eigenvalue weighted by molar-refractivity contribution is -0.153. The van der Waals surface area contributed by atoms with E-state index in [2.05, 4.69) is 10.6 Å². The van der Waals surface area contributed by atoms with Crippen molar-refractivity contribution in [2.75, 3.05) is 19.6 Å². The van der Waals surface area contributed by atoms with Gasteiger partial charge in [0.2, 0.25) is 11.8 Å². The second kappa shape index (κ2) is 11.9. The van der Waals surface area contributed by atoms with Gasteiger partial charge < -0.3 is 30.6 Å². The molecule has 6 amide bonds. The Hall–Kier alpha value is -4.14. The number of nitrogens with zero attached hydrogens (tertiary/aromatic N) is 3. The fraction of sp³-hybridized carbons (Fsp3) is 0.480. The number of hydrogen-bond donors (Lipinski definition) is 4. The molecular formula is C25H31N5O9S. The summed E-state index contributed by atoms with van der Waals surface area (Å²) in [6.07, 6.45) is 0. The summed E-state index contributed by atoms with van der Waals surface area (Å²) in [5.41, 5.74) is 0.245. The van der Waals surface area contributed by atoms with E-state index in [0.717, 1.165) is 23.6 Å². The van der Waals surface area contributed by atoms with Gasteiger partial charge in [0.05, 0.1) is 0 Å². The molecule has 15 heteroatoms. The molecule has 0 bridgehead atoms. The van der Waals surface area contributed by atoms with Crippen molar-refractivity contribution in [1.82, 2.24) is 25.3 Å². The van der Waals surface area contributed by atoms with E-state index in [-0.39, 0.29) is 25.2 Å². The molecule has 2 saturated heterocycles. The van der Waals surface area contributed by atoms with Crippen molar-refractivity contribution in [2.45, 2.75) is 55.9 Å². The Kier molecular flexibility index (Phi) is 9.07. The van der Waals surface area contributed by atoms with Gasteiger partial charge in [-0.25, -0.2) is 14.4 Å². The van der Waals surface area contributed by atoms with Crippen molar-refractivity contribution < 1.29 is 43.8 Å². The Bertz CT molecular complexity index is 1220. The van der Waals surface area contributed by atoms with Gasteiger partial charge in [0.25, 0.3) is 0 Å². The van der Waals surface area contributed by atoms with Gasteiger partial charge in [0.15, 0.2) is 6.04 Å². The number of carbonyl (C=O) groups is 7. The van der Waals surface area contributed by atoms with Crippen molar-refractivity contribution in [3.63, 3.8) is 0 Å². The van der Waals surface area contributed by atoms with E-state index in [1.165, 1.54) is 17.0 Å². The number of benzene rings is 1. The number of carboxylic acids is 2. The SMILES string of the molecule is CCN1CCN(C(=O)N[C@@H](C(=O)NC(C(=O)O)[C@H]2SC(C)(C)[C@H](C(=O)O)N2C(C)=O)c2ccccc2)C(=O)C1=O. The van der Waals surface area contributed by atoms with Crippen molar-refractivity contribution >= 4 is 53.4 Å². The minimum atomic E-state index is -1.76. The number of thioether (sulfide) groups is 1. The molecule has 1 unspecified atom stereocenters. The Morgan fingerprint density at radius 1 is 1.02 bits per heavy atom. The summed E-state index contributed by atoms with van der Waals surface area (Å²) < 4.78 is -1.10. The van der Waals surface area contributed by atoms with Crippen LogP contribution in [0.3, 0.4) is 0 Å². The first-order valence-corrected chi connectivity index (χ1v) is 13.3. The lowest BCUT2D eigenvalue weighted by Crippen LogP contribution is -2.60. The molecule has 0 spiro atoms. The summed E-state index contributed by atoms with van der Waals surface area (Å²) >= 11 is 0.912. The molecule has 2 heterocycles. The number of nitrogens with one attached hydrogen (secondary N) is 2. The van der Waals surface area contributed by atoms with Crippen molar-refractivity contribution in [1.29, 1.82) is 0 Å². The van der Waals surface area contributed by atoms with Crippen LogP contribution in [0.5, 0.6) is 0 Å². The van der Waals surface area contributed by atoms with Gasteiger partial charge in [-0.2, -0.15) is 0 Å². The van der Waals surface area contributed by atoms with Gasteiger partial charge in [0.1, 0.15) is 17.5 Å². The number of likely N-dealkylation sites (N-methyl/N-ethyl adjacent to an activating group) is 1. The molecule has 2 aliphatic heterocycles. The van der Waals surface area contributed by atoms with Gasteiger partial charge in [-0.1, -0.05) is 30.3 Å². The third-order valence-electron chi connectivity index (χ3n) is 6.68. The topological polar surface area (TPSA) is 194 Å².